The predicted octanol–water partition coefficient (Wildman–Crippen LogP) is 5.36. The van der Waals surface area contributed by atoms with Gasteiger partial charge in [0, 0.05) is 17.8 Å². The van der Waals surface area contributed by atoms with Crippen LogP contribution in [0.5, 0.6) is 0 Å². The van der Waals surface area contributed by atoms with Crippen molar-refractivity contribution < 1.29 is 24.6 Å². The van der Waals surface area contributed by atoms with Crippen LogP contribution >= 0.6 is 0 Å². The Balaban J connectivity index is 1.59. The quantitative estimate of drug-likeness (QED) is 0.299. The average molecular weight is 490 g/mol. The fourth-order valence-corrected chi connectivity index (χ4v) is 4.82. The lowest BCUT2D eigenvalue weighted by Crippen LogP contribution is -2.17. The van der Waals surface area contributed by atoms with E-state index in [9.17, 15) is 24.6 Å². The molecular weight excluding hydrogens is 458 g/mol. The van der Waals surface area contributed by atoms with Crippen molar-refractivity contribution >= 4 is 23.5 Å². The molecule has 0 aliphatic heterocycles. The molecule has 36 heavy (non-hydrogen) atoms. The third-order valence-electron chi connectivity index (χ3n) is 6.69. The second-order valence-electron chi connectivity index (χ2n) is 9.42. The van der Waals surface area contributed by atoms with E-state index in [0.717, 1.165) is 43.3 Å². The van der Waals surface area contributed by atoms with E-state index in [1.54, 1.807) is 0 Å². The number of aromatic nitrogens is 2. The molecule has 1 aliphatic carbocycles. The van der Waals surface area contributed by atoms with Gasteiger partial charge in [-0.3, -0.25) is 4.79 Å². The van der Waals surface area contributed by atoms with Crippen molar-refractivity contribution in [2.24, 2.45) is 5.92 Å². The number of amides is 1. The number of benzene rings is 2. The molecule has 188 valence electrons. The lowest BCUT2D eigenvalue weighted by atomic mass is 9.94. The Kier molecular flexibility index (Phi) is 8.15. The molecule has 1 fully saturated rings. The van der Waals surface area contributed by atoms with Crippen LogP contribution in [0.3, 0.4) is 0 Å². The zero-order valence-corrected chi connectivity index (χ0v) is 20.1. The maximum absolute atomic E-state index is 13.3. The van der Waals surface area contributed by atoms with Gasteiger partial charge < -0.3 is 20.5 Å². The van der Waals surface area contributed by atoms with Crippen molar-refractivity contribution in [1.82, 2.24) is 9.97 Å². The summed E-state index contributed by atoms with van der Waals surface area (Å²) in [6, 6.07) is 13.6. The molecule has 0 unspecified atom stereocenters. The molecule has 0 radical (unpaired) electrons. The summed E-state index contributed by atoms with van der Waals surface area (Å²) in [5.41, 5.74) is 1.91. The first-order chi connectivity index (χ1) is 17.4. The summed E-state index contributed by atoms with van der Waals surface area (Å²) in [6.07, 6.45) is 9.21. The van der Waals surface area contributed by atoms with Gasteiger partial charge in [0.2, 0.25) is 0 Å². The number of rotatable bonds is 9. The highest BCUT2D eigenvalue weighted by Gasteiger charge is 2.23. The van der Waals surface area contributed by atoms with Crippen LogP contribution in [0.25, 0.3) is 0 Å². The summed E-state index contributed by atoms with van der Waals surface area (Å²) < 4.78 is 0. The van der Waals surface area contributed by atoms with Gasteiger partial charge in [-0.25, -0.2) is 14.6 Å². The number of aromatic amines is 1. The van der Waals surface area contributed by atoms with E-state index in [2.05, 4.69) is 27.4 Å². The Morgan fingerprint density at radius 1 is 0.889 bits per heavy atom. The number of carboxylic acids is 2. The minimum atomic E-state index is -1.27. The summed E-state index contributed by atoms with van der Waals surface area (Å²) in [6.45, 7) is 0. The number of aromatic carboxylic acids is 2. The lowest BCUT2D eigenvalue weighted by molar-refractivity contribution is 0.0696. The molecule has 4 rings (SSSR count). The summed E-state index contributed by atoms with van der Waals surface area (Å²) in [7, 11) is 0. The van der Waals surface area contributed by atoms with E-state index in [-0.39, 0.29) is 22.5 Å². The molecule has 1 heterocycles. The van der Waals surface area contributed by atoms with Crippen LogP contribution in [0.2, 0.25) is 0 Å². The van der Waals surface area contributed by atoms with Crippen molar-refractivity contribution in [2.45, 2.75) is 57.8 Å². The fraction of sp³-hybridized carbons (Fsp3) is 0.357. The number of nitrogens with one attached hydrogen (secondary N) is 2. The number of carbonyl (C=O) groups is 3. The molecule has 1 aromatic heterocycles. The number of imidazole rings is 1. The highest BCUT2D eigenvalue weighted by atomic mass is 16.4. The number of nitrogens with zero attached hydrogens (tertiary/aromatic N) is 1. The number of anilines is 1. The van der Waals surface area contributed by atoms with Crippen molar-refractivity contribution in [3.05, 3.63) is 82.4 Å². The topological polar surface area (TPSA) is 132 Å². The molecule has 3 aromatic rings. The minimum absolute atomic E-state index is 0.103. The van der Waals surface area contributed by atoms with Gasteiger partial charge in [0.15, 0.2) is 0 Å². The first kappa shape index (κ1) is 25.2. The molecule has 4 N–H and O–H groups in total. The lowest BCUT2D eigenvalue weighted by Gasteiger charge is -2.14. The Morgan fingerprint density at radius 2 is 1.53 bits per heavy atom. The molecule has 0 atom stereocenters. The van der Waals surface area contributed by atoms with Crippen molar-refractivity contribution in [1.29, 1.82) is 0 Å². The zero-order chi connectivity index (χ0) is 25.5. The van der Waals surface area contributed by atoms with Crippen molar-refractivity contribution in [3.63, 3.8) is 0 Å². The summed E-state index contributed by atoms with van der Waals surface area (Å²) >= 11 is 0. The minimum Gasteiger partial charge on any atom is -0.478 e. The summed E-state index contributed by atoms with van der Waals surface area (Å²) in [5.74, 6) is -1.84. The van der Waals surface area contributed by atoms with Crippen LogP contribution in [0.1, 0.15) is 86.8 Å². The first-order valence-corrected chi connectivity index (χ1v) is 12.4. The maximum atomic E-state index is 13.3. The van der Waals surface area contributed by atoms with E-state index < -0.39 is 17.8 Å². The standard InChI is InChI=1S/C28H31N3O5/c32-26(29-22-16-20(27(33)34)15-21(17-22)28(35)36)25-23(14-19-10-4-1-2-5-11-19)30-24(31-25)13-12-18-8-6-3-7-9-18/h3,6-9,15-17,19H,1-2,4-5,10-14H2,(H,29,32)(H,30,31)(H,33,34)(H,35,36). The van der Waals surface area contributed by atoms with Gasteiger partial charge in [-0.05, 0) is 42.5 Å². The molecule has 1 amide bonds. The maximum Gasteiger partial charge on any atom is 0.335 e. The number of carbonyl (C=O) groups excluding carboxylic acids is 1. The average Bonchev–Trinajstić information content (AvgIpc) is 3.09. The number of H-pyrrole nitrogens is 1. The van der Waals surface area contributed by atoms with Crippen molar-refractivity contribution in [2.75, 3.05) is 5.32 Å². The third-order valence-corrected chi connectivity index (χ3v) is 6.69. The highest BCUT2D eigenvalue weighted by Crippen LogP contribution is 2.27. The van der Waals surface area contributed by atoms with Crippen LogP contribution < -0.4 is 5.32 Å². The van der Waals surface area contributed by atoms with Gasteiger partial charge in [-0.2, -0.15) is 0 Å². The van der Waals surface area contributed by atoms with Crippen LogP contribution in [-0.4, -0.2) is 38.0 Å². The molecule has 2 aromatic carbocycles. The van der Waals surface area contributed by atoms with E-state index in [1.165, 1.54) is 43.4 Å². The Bertz CT molecular complexity index is 1190. The molecule has 1 saturated carbocycles. The number of aryl methyl sites for hydroxylation is 2. The normalized spacial score (nSPS) is 14.2. The van der Waals surface area contributed by atoms with Gasteiger partial charge in [-0.15, -0.1) is 0 Å². The number of carboxylic acid groups (broad SMARTS) is 2. The Labute approximate surface area is 209 Å². The molecular formula is C28H31N3O5. The highest BCUT2D eigenvalue weighted by molar-refractivity contribution is 6.05. The van der Waals surface area contributed by atoms with Gasteiger partial charge >= 0.3 is 11.9 Å². The first-order valence-electron chi connectivity index (χ1n) is 12.4. The van der Waals surface area contributed by atoms with E-state index in [4.69, 9.17) is 0 Å². The number of hydrogen-bond donors (Lipinski definition) is 4. The number of hydrogen-bond acceptors (Lipinski definition) is 4. The van der Waals surface area contributed by atoms with Gasteiger partial charge in [0.1, 0.15) is 11.5 Å². The van der Waals surface area contributed by atoms with Gasteiger partial charge in [0.25, 0.3) is 5.91 Å². The molecule has 0 bridgehead atoms. The van der Waals surface area contributed by atoms with Crippen LogP contribution in [0.4, 0.5) is 5.69 Å². The van der Waals surface area contributed by atoms with Crippen LogP contribution in [0.15, 0.2) is 48.5 Å². The molecule has 8 nitrogen and oxygen atoms in total. The predicted molar refractivity (Wildman–Crippen MR) is 136 cm³/mol. The zero-order valence-electron chi connectivity index (χ0n) is 20.1. The smallest absolute Gasteiger partial charge is 0.335 e. The molecule has 0 spiro atoms. The Morgan fingerprint density at radius 3 is 2.14 bits per heavy atom. The SMILES string of the molecule is O=C(O)c1cc(NC(=O)c2nc(CCc3ccccc3)[nH]c2CC2CCCCCC2)cc(C(=O)O)c1. The van der Waals surface area contributed by atoms with E-state index in [0.29, 0.717) is 12.3 Å². The Hall–Kier alpha value is -3.94. The molecule has 1 aliphatic rings. The molecule has 0 saturated heterocycles. The van der Waals surface area contributed by atoms with Gasteiger partial charge in [0.05, 0.1) is 11.1 Å². The van der Waals surface area contributed by atoms with E-state index >= 15 is 0 Å². The largest absolute Gasteiger partial charge is 0.478 e. The summed E-state index contributed by atoms with van der Waals surface area (Å²) in [4.78, 5) is 44.2. The molecule has 8 heteroatoms. The second kappa shape index (κ2) is 11.7. The monoisotopic (exact) mass is 489 g/mol. The summed E-state index contributed by atoms with van der Waals surface area (Å²) in [5, 5.41) is 21.4. The van der Waals surface area contributed by atoms with Gasteiger partial charge in [-0.1, -0.05) is 68.9 Å². The van der Waals surface area contributed by atoms with Crippen molar-refractivity contribution in [3.8, 4) is 0 Å². The van der Waals surface area contributed by atoms with E-state index in [1.807, 2.05) is 18.2 Å². The third kappa shape index (κ3) is 6.59. The van der Waals surface area contributed by atoms with Crippen LogP contribution in [0, 0.1) is 5.92 Å². The fourth-order valence-electron chi connectivity index (χ4n) is 4.82. The van der Waals surface area contributed by atoms with Crippen LogP contribution in [-0.2, 0) is 19.3 Å². The second-order valence-corrected chi connectivity index (χ2v) is 9.42.